The lowest BCUT2D eigenvalue weighted by Crippen LogP contribution is -2.40. The number of H-pyrrole nitrogens is 1. The zero-order chi connectivity index (χ0) is 18.3. The number of rotatable bonds is 4. The Balaban J connectivity index is 1.60. The van der Waals surface area contributed by atoms with Gasteiger partial charge in [0.05, 0.1) is 6.04 Å². The molecule has 7 nitrogen and oxygen atoms in total. The number of hydrogen-bond acceptors (Lipinski definition) is 4. The fraction of sp³-hybridized carbons (Fsp3) is 0.474. The smallest absolute Gasteiger partial charge is 0.229 e. The van der Waals surface area contributed by atoms with Crippen LogP contribution in [0.2, 0.25) is 0 Å². The predicted molar refractivity (Wildman–Crippen MR) is 95.8 cm³/mol. The second kappa shape index (κ2) is 6.23. The highest BCUT2D eigenvalue weighted by atomic mass is 16.2. The van der Waals surface area contributed by atoms with Gasteiger partial charge in [-0.3, -0.25) is 14.7 Å². The molecule has 0 spiro atoms. The SMILES string of the molecule is CC(=O)NC1CC(c2nc(-c3ccccc3)n[nH]2)N(C(=O)C2(C)CC2)C1. The van der Waals surface area contributed by atoms with Crippen molar-refractivity contribution in [2.24, 2.45) is 5.41 Å². The highest BCUT2D eigenvalue weighted by Gasteiger charge is 2.51. The van der Waals surface area contributed by atoms with Gasteiger partial charge in [-0.2, -0.15) is 5.10 Å². The molecule has 1 aliphatic heterocycles. The van der Waals surface area contributed by atoms with Gasteiger partial charge in [-0.15, -0.1) is 0 Å². The van der Waals surface area contributed by atoms with Crippen LogP contribution in [0, 0.1) is 5.41 Å². The maximum Gasteiger partial charge on any atom is 0.229 e. The summed E-state index contributed by atoms with van der Waals surface area (Å²) in [5.41, 5.74) is 0.671. The molecule has 1 saturated heterocycles. The Morgan fingerprint density at radius 1 is 1.27 bits per heavy atom. The molecule has 1 saturated carbocycles. The van der Waals surface area contributed by atoms with Crippen molar-refractivity contribution in [2.75, 3.05) is 6.54 Å². The Bertz CT molecular complexity index is 827. The third-order valence-corrected chi connectivity index (χ3v) is 5.34. The fourth-order valence-corrected chi connectivity index (χ4v) is 3.60. The summed E-state index contributed by atoms with van der Waals surface area (Å²) >= 11 is 0. The van der Waals surface area contributed by atoms with E-state index in [-0.39, 0.29) is 29.3 Å². The van der Waals surface area contributed by atoms with Gasteiger partial charge in [0, 0.05) is 30.5 Å². The summed E-state index contributed by atoms with van der Waals surface area (Å²) in [6.45, 7) is 4.03. The van der Waals surface area contributed by atoms with Crippen molar-refractivity contribution in [2.45, 2.75) is 45.2 Å². The molecule has 2 atom stereocenters. The van der Waals surface area contributed by atoms with Crippen molar-refractivity contribution in [3.63, 3.8) is 0 Å². The van der Waals surface area contributed by atoms with Crippen molar-refractivity contribution >= 4 is 11.8 Å². The van der Waals surface area contributed by atoms with Gasteiger partial charge in [-0.25, -0.2) is 4.98 Å². The molecule has 1 aliphatic carbocycles. The fourth-order valence-electron chi connectivity index (χ4n) is 3.60. The molecule has 136 valence electrons. The highest BCUT2D eigenvalue weighted by molar-refractivity contribution is 5.85. The molecule has 26 heavy (non-hydrogen) atoms. The molecule has 0 radical (unpaired) electrons. The van der Waals surface area contributed by atoms with Crippen LogP contribution in [-0.2, 0) is 9.59 Å². The van der Waals surface area contributed by atoms with E-state index in [0.29, 0.717) is 24.6 Å². The number of benzene rings is 1. The van der Waals surface area contributed by atoms with Crippen molar-refractivity contribution in [3.8, 4) is 11.4 Å². The third kappa shape index (κ3) is 3.09. The number of aromatic nitrogens is 3. The van der Waals surface area contributed by atoms with Crippen molar-refractivity contribution in [1.82, 2.24) is 25.4 Å². The molecule has 2 amide bonds. The number of nitrogens with zero attached hydrogens (tertiary/aromatic N) is 3. The molecule has 2 aromatic rings. The van der Waals surface area contributed by atoms with Crippen LogP contribution in [0.5, 0.6) is 0 Å². The molecule has 2 aliphatic rings. The topological polar surface area (TPSA) is 91.0 Å². The average molecular weight is 353 g/mol. The Morgan fingerprint density at radius 2 is 2.00 bits per heavy atom. The number of carbonyl (C=O) groups excluding carboxylic acids is 2. The van der Waals surface area contributed by atoms with E-state index in [1.807, 2.05) is 42.2 Å². The molecule has 1 aromatic carbocycles. The summed E-state index contributed by atoms with van der Waals surface area (Å²) in [5.74, 6) is 1.36. The predicted octanol–water partition coefficient (Wildman–Crippen LogP) is 2.05. The molecule has 0 bridgehead atoms. The molecular weight excluding hydrogens is 330 g/mol. The van der Waals surface area contributed by atoms with Gasteiger partial charge >= 0.3 is 0 Å². The van der Waals surface area contributed by atoms with Crippen molar-refractivity contribution < 1.29 is 9.59 Å². The summed E-state index contributed by atoms with van der Waals surface area (Å²) in [4.78, 5) is 30.9. The molecule has 7 heteroatoms. The van der Waals surface area contributed by atoms with Crippen LogP contribution < -0.4 is 5.32 Å². The molecule has 2 N–H and O–H groups in total. The van der Waals surface area contributed by atoms with E-state index in [1.54, 1.807) is 0 Å². The van der Waals surface area contributed by atoms with Gasteiger partial charge in [-0.05, 0) is 19.3 Å². The monoisotopic (exact) mass is 353 g/mol. The van der Waals surface area contributed by atoms with Crippen LogP contribution in [-0.4, -0.2) is 44.5 Å². The van der Waals surface area contributed by atoms with E-state index in [2.05, 4.69) is 20.5 Å². The van der Waals surface area contributed by atoms with Crippen molar-refractivity contribution in [3.05, 3.63) is 36.2 Å². The van der Waals surface area contributed by atoms with Gasteiger partial charge in [-0.1, -0.05) is 37.3 Å². The first kappa shape index (κ1) is 16.8. The Kier molecular flexibility index (Phi) is 4.01. The number of nitrogens with one attached hydrogen (secondary N) is 2. The lowest BCUT2D eigenvalue weighted by Gasteiger charge is -2.25. The molecular formula is C19H23N5O2. The van der Waals surface area contributed by atoms with E-state index in [0.717, 1.165) is 18.4 Å². The second-order valence-electron chi connectivity index (χ2n) is 7.58. The first-order chi connectivity index (χ1) is 12.5. The highest BCUT2D eigenvalue weighted by Crippen LogP contribution is 2.49. The van der Waals surface area contributed by atoms with Crippen LogP contribution in [0.3, 0.4) is 0 Å². The van der Waals surface area contributed by atoms with E-state index in [1.165, 1.54) is 6.92 Å². The summed E-state index contributed by atoms with van der Waals surface area (Å²) in [6.07, 6.45) is 2.49. The van der Waals surface area contributed by atoms with E-state index < -0.39 is 0 Å². The summed E-state index contributed by atoms with van der Waals surface area (Å²) in [7, 11) is 0. The van der Waals surface area contributed by atoms with E-state index >= 15 is 0 Å². The van der Waals surface area contributed by atoms with Gasteiger partial charge < -0.3 is 10.2 Å². The number of aromatic amines is 1. The largest absolute Gasteiger partial charge is 0.352 e. The molecule has 2 unspecified atom stereocenters. The minimum absolute atomic E-state index is 0.0610. The maximum absolute atomic E-state index is 13.0. The third-order valence-electron chi connectivity index (χ3n) is 5.34. The minimum atomic E-state index is -0.258. The summed E-state index contributed by atoms with van der Waals surface area (Å²) in [5, 5.41) is 10.3. The Labute approximate surface area is 152 Å². The maximum atomic E-state index is 13.0. The first-order valence-corrected chi connectivity index (χ1v) is 9.02. The zero-order valence-corrected chi connectivity index (χ0v) is 15.0. The molecule has 2 fully saturated rings. The van der Waals surface area contributed by atoms with E-state index in [4.69, 9.17) is 0 Å². The summed E-state index contributed by atoms with van der Waals surface area (Å²) < 4.78 is 0. The lowest BCUT2D eigenvalue weighted by atomic mass is 10.1. The van der Waals surface area contributed by atoms with Crippen LogP contribution in [0.1, 0.15) is 45.0 Å². The number of carbonyl (C=O) groups is 2. The van der Waals surface area contributed by atoms with Gasteiger partial charge in [0.2, 0.25) is 11.8 Å². The quantitative estimate of drug-likeness (QED) is 0.880. The van der Waals surface area contributed by atoms with Crippen molar-refractivity contribution in [1.29, 1.82) is 0 Å². The first-order valence-electron chi connectivity index (χ1n) is 9.02. The molecule has 1 aromatic heterocycles. The minimum Gasteiger partial charge on any atom is -0.352 e. The Hall–Kier alpha value is -2.70. The molecule has 4 rings (SSSR count). The number of hydrogen-bond donors (Lipinski definition) is 2. The zero-order valence-electron chi connectivity index (χ0n) is 15.0. The van der Waals surface area contributed by atoms with E-state index in [9.17, 15) is 9.59 Å². The lowest BCUT2D eigenvalue weighted by molar-refractivity contribution is -0.137. The van der Waals surface area contributed by atoms with Crippen LogP contribution in [0.15, 0.2) is 30.3 Å². The average Bonchev–Trinajstić information content (AvgIpc) is 3.05. The van der Waals surface area contributed by atoms with Gasteiger partial charge in [0.1, 0.15) is 5.82 Å². The number of amides is 2. The van der Waals surface area contributed by atoms with Crippen LogP contribution in [0.4, 0.5) is 0 Å². The Morgan fingerprint density at radius 3 is 2.65 bits per heavy atom. The van der Waals surface area contributed by atoms with Crippen LogP contribution in [0.25, 0.3) is 11.4 Å². The molecule has 2 heterocycles. The second-order valence-corrected chi connectivity index (χ2v) is 7.58. The number of likely N-dealkylation sites (tertiary alicyclic amines) is 1. The standard InChI is InChI=1S/C19H23N5O2/c1-12(25)20-14-10-15(24(11-14)18(26)19(2)8-9-19)17-21-16(22-23-17)13-6-4-3-5-7-13/h3-7,14-15H,8-11H2,1-2H3,(H,20,25)(H,21,22,23). The van der Waals surface area contributed by atoms with Gasteiger partial charge in [0.25, 0.3) is 0 Å². The van der Waals surface area contributed by atoms with Crippen LogP contribution >= 0.6 is 0 Å². The van der Waals surface area contributed by atoms with Gasteiger partial charge in [0.15, 0.2) is 5.82 Å². The summed E-state index contributed by atoms with van der Waals surface area (Å²) in [6, 6.07) is 9.49. The normalized spacial score (nSPS) is 23.7.